The van der Waals surface area contributed by atoms with Crippen molar-refractivity contribution in [2.75, 3.05) is 0 Å². The summed E-state index contributed by atoms with van der Waals surface area (Å²) in [6, 6.07) is 5.62. The highest BCUT2D eigenvalue weighted by Gasteiger charge is 2.38. The molecule has 1 amide bonds. The molecule has 1 aliphatic heterocycles. The first-order chi connectivity index (χ1) is 14.5. The van der Waals surface area contributed by atoms with E-state index in [-0.39, 0.29) is 28.7 Å². The van der Waals surface area contributed by atoms with Crippen LogP contribution in [0.25, 0.3) is 11.0 Å². The van der Waals surface area contributed by atoms with Crippen LogP contribution in [0.5, 0.6) is 5.75 Å². The molecule has 2 heterocycles. The minimum Gasteiger partial charge on any atom is -0.481 e. The van der Waals surface area contributed by atoms with Crippen molar-refractivity contribution in [3.05, 3.63) is 39.7 Å². The van der Waals surface area contributed by atoms with Gasteiger partial charge in [-0.05, 0) is 90.8 Å². The molecular weight excluding hydrogens is 392 g/mol. The highest BCUT2D eigenvalue weighted by Crippen LogP contribution is 2.30. The smallest absolute Gasteiger partial charge is 0.339 e. The minimum absolute atomic E-state index is 0.0428. The summed E-state index contributed by atoms with van der Waals surface area (Å²) < 4.78 is 11.5. The van der Waals surface area contributed by atoms with Crippen molar-refractivity contribution in [1.29, 1.82) is 0 Å². The number of aryl methyl sites for hydroxylation is 1. The van der Waals surface area contributed by atoms with Crippen LogP contribution in [-0.4, -0.2) is 29.1 Å². The molecule has 1 saturated heterocycles. The molecule has 1 aromatic heterocycles. The second-order valence-electron chi connectivity index (χ2n) is 10.5. The van der Waals surface area contributed by atoms with Gasteiger partial charge in [0.15, 0.2) is 6.10 Å². The molecule has 1 fully saturated rings. The van der Waals surface area contributed by atoms with Crippen LogP contribution in [-0.2, 0) is 17.6 Å². The normalized spacial score (nSPS) is 21.3. The molecule has 1 aliphatic carbocycles. The molecule has 168 valence electrons. The highest BCUT2D eigenvalue weighted by molar-refractivity contribution is 5.84. The lowest BCUT2D eigenvalue weighted by atomic mass is 9.79. The summed E-state index contributed by atoms with van der Waals surface area (Å²) in [5.41, 5.74) is 2.11. The Bertz CT molecular complexity index is 1040. The molecule has 2 aliphatic rings. The van der Waals surface area contributed by atoms with Crippen molar-refractivity contribution < 1.29 is 13.9 Å². The van der Waals surface area contributed by atoms with E-state index >= 15 is 0 Å². The highest BCUT2D eigenvalue weighted by atomic mass is 16.5. The SMILES string of the molecule is C[C@@H](Oc1ccc2c3c(c(=O)oc2c1)CCCC3)C(=O)NC1CC(C)(C)NC(C)(C)C1. The topological polar surface area (TPSA) is 80.6 Å². The van der Waals surface area contributed by atoms with Gasteiger partial charge in [0.05, 0.1) is 0 Å². The number of rotatable bonds is 4. The molecule has 2 aromatic rings. The molecule has 2 N–H and O–H groups in total. The van der Waals surface area contributed by atoms with E-state index in [1.54, 1.807) is 13.0 Å². The Labute approximate surface area is 183 Å². The van der Waals surface area contributed by atoms with Crippen molar-refractivity contribution in [1.82, 2.24) is 10.6 Å². The first-order valence-electron chi connectivity index (χ1n) is 11.4. The van der Waals surface area contributed by atoms with Crippen LogP contribution in [0.1, 0.15) is 71.4 Å². The fourth-order valence-electron chi connectivity index (χ4n) is 5.50. The third-order valence-corrected chi connectivity index (χ3v) is 6.41. The van der Waals surface area contributed by atoms with E-state index < -0.39 is 6.10 Å². The molecule has 31 heavy (non-hydrogen) atoms. The summed E-state index contributed by atoms with van der Waals surface area (Å²) in [5, 5.41) is 7.76. The molecule has 6 nitrogen and oxygen atoms in total. The van der Waals surface area contributed by atoms with Gasteiger partial charge in [-0.1, -0.05) is 0 Å². The Hall–Kier alpha value is -2.34. The van der Waals surface area contributed by atoms with Gasteiger partial charge in [-0.2, -0.15) is 0 Å². The number of nitrogens with one attached hydrogen (secondary N) is 2. The van der Waals surface area contributed by atoms with Crippen LogP contribution in [0.15, 0.2) is 27.4 Å². The summed E-state index contributed by atoms with van der Waals surface area (Å²) in [6.07, 6.45) is 4.88. The molecule has 4 rings (SSSR count). The van der Waals surface area contributed by atoms with Gasteiger partial charge < -0.3 is 19.8 Å². The standard InChI is InChI=1S/C25H34N2O4/c1-15(22(28)26-16-13-24(2,3)27-25(4,5)14-16)30-17-10-11-19-18-8-6-7-9-20(18)23(29)31-21(19)12-17/h10-12,15-16,27H,6-9,13-14H2,1-5H3,(H,26,28)/t15-/m1/s1. The van der Waals surface area contributed by atoms with Crippen LogP contribution < -0.4 is 21.0 Å². The van der Waals surface area contributed by atoms with Gasteiger partial charge >= 0.3 is 5.63 Å². The van der Waals surface area contributed by atoms with E-state index in [9.17, 15) is 9.59 Å². The summed E-state index contributed by atoms with van der Waals surface area (Å²) >= 11 is 0. The molecule has 0 unspecified atom stereocenters. The largest absolute Gasteiger partial charge is 0.481 e. The Balaban J connectivity index is 1.47. The van der Waals surface area contributed by atoms with E-state index in [4.69, 9.17) is 9.15 Å². The lowest BCUT2D eigenvalue weighted by molar-refractivity contribution is -0.128. The van der Waals surface area contributed by atoms with Gasteiger partial charge in [-0.25, -0.2) is 4.79 Å². The molecular formula is C25H34N2O4. The number of carbonyl (C=O) groups is 1. The van der Waals surface area contributed by atoms with E-state index in [0.29, 0.717) is 11.3 Å². The van der Waals surface area contributed by atoms with Gasteiger partial charge in [0.25, 0.3) is 5.91 Å². The van der Waals surface area contributed by atoms with E-state index in [2.05, 4.69) is 38.3 Å². The van der Waals surface area contributed by atoms with Gasteiger partial charge in [0.1, 0.15) is 11.3 Å². The van der Waals surface area contributed by atoms with Crippen molar-refractivity contribution in [2.45, 2.75) is 96.4 Å². The second-order valence-corrected chi connectivity index (χ2v) is 10.5. The average Bonchev–Trinajstić information content (AvgIpc) is 2.65. The molecule has 0 bridgehead atoms. The van der Waals surface area contributed by atoms with Gasteiger partial charge in [-0.3, -0.25) is 4.79 Å². The first-order valence-corrected chi connectivity index (χ1v) is 11.4. The number of piperidine rings is 1. The van der Waals surface area contributed by atoms with Gasteiger partial charge in [-0.15, -0.1) is 0 Å². The lowest BCUT2D eigenvalue weighted by Gasteiger charge is -2.46. The van der Waals surface area contributed by atoms with Crippen molar-refractivity contribution >= 4 is 16.9 Å². The summed E-state index contributed by atoms with van der Waals surface area (Å²) in [4.78, 5) is 25.2. The van der Waals surface area contributed by atoms with Crippen LogP contribution in [0, 0.1) is 0 Å². The van der Waals surface area contributed by atoms with Crippen molar-refractivity contribution in [3.8, 4) is 5.75 Å². The predicted molar refractivity (Wildman–Crippen MR) is 122 cm³/mol. The van der Waals surface area contributed by atoms with Crippen molar-refractivity contribution in [3.63, 3.8) is 0 Å². The minimum atomic E-state index is -0.650. The first kappa shape index (κ1) is 21.9. The maximum Gasteiger partial charge on any atom is 0.339 e. The number of benzene rings is 1. The maximum absolute atomic E-state index is 12.8. The number of fused-ring (bicyclic) bond motifs is 3. The lowest BCUT2D eigenvalue weighted by Crippen LogP contribution is -2.62. The second kappa shape index (κ2) is 7.97. The zero-order valence-corrected chi connectivity index (χ0v) is 19.3. The zero-order chi connectivity index (χ0) is 22.4. The maximum atomic E-state index is 12.8. The fourth-order valence-corrected chi connectivity index (χ4v) is 5.50. The quantitative estimate of drug-likeness (QED) is 0.726. The summed E-state index contributed by atoms with van der Waals surface area (Å²) in [5.74, 6) is 0.394. The Morgan fingerprint density at radius 1 is 1.13 bits per heavy atom. The number of hydrogen-bond acceptors (Lipinski definition) is 5. The molecule has 0 spiro atoms. The molecule has 1 atom stereocenters. The van der Waals surface area contributed by atoms with E-state index in [0.717, 1.165) is 55.0 Å². The molecule has 1 aromatic carbocycles. The number of carbonyl (C=O) groups excluding carboxylic acids is 1. The number of amides is 1. The van der Waals surface area contributed by atoms with E-state index in [1.807, 2.05) is 12.1 Å². The Kier molecular flexibility index (Phi) is 5.63. The van der Waals surface area contributed by atoms with Crippen molar-refractivity contribution in [2.24, 2.45) is 0 Å². The Morgan fingerprint density at radius 3 is 2.45 bits per heavy atom. The van der Waals surface area contributed by atoms with Crippen LogP contribution >= 0.6 is 0 Å². The Morgan fingerprint density at radius 2 is 1.77 bits per heavy atom. The van der Waals surface area contributed by atoms with Crippen LogP contribution in [0.4, 0.5) is 0 Å². The third kappa shape index (κ3) is 4.79. The zero-order valence-electron chi connectivity index (χ0n) is 19.3. The van der Waals surface area contributed by atoms with Gasteiger partial charge in [0, 0.05) is 34.1 Å². The number of hydrogen-bond donors (Lipinski definition) is 2. The van der Waals surface area contributed by atoms with Crippen LogP contribution in [0.3, 0.4) is 0 Å². The van der Waals surface area contributed by atoms with Crippen LogP contribution in [0.2, 0.25) is 0 Å². The fraction of sp³-hybridized carbons (Fsp3) is 0.600. The van der Waals surface area contributed by atoms with Gasteiger partial charge in [0.2, 0.25) is 0 Å². The predicted octanol–water partition coefficient (Wildman–Crippen LogP) is 3.86. The summed E-state index contributed by atoms with van der Waals surface area (Å²) in [6.45, 7) is 10.4. The average molecular weight is 427 g/mol. The molecule has 6 heteroatoms. The summed E-state index contributed by atoms with van der Waals surface area (Å²) in [7, 11) is 0. The molecule has 0 radical (unpaired) electrons. The molecule has 0 saturated carbocycles. The monoisotopic (exact) mass is 426 g/mol. The number of ether oxygens (including phenoxy) is 1. The van der Waals surface area contributed by atoms with E-state index in [1.165, 1.54) is 0 Å². The third-order valence-electron chi connectivity index (χ3n) is 6.41.